The number of carbonyl (C=O) groups excluding carboxylic acids is 1. The van der Waals surface area contributed by atoms with Crippen LogP contribution in [-0.4, -0.2) is 23.0 Å². The van der Waals surface area contributed by atoms with Crippen LogP contribution in [-0.2, 0) is 0 Å². The third-order valence-corrected chi connectivity index (χ3v) is 1.33. The Morgan fingerprint density at radius 1 is 1.64 bits per heavy atom. The molecule has 0 unspecified atom stereocenters. The molecule has 0 bridgehead atoms. The van der Waals surface area contributed by atoms with Crippen molar-refractivity contribution in [2.24, 2.45) is 0 Å². The Labute approximate surface area is 64.9 Å². The SMILES string of the molecule is C=CN1C(=C)NNN(C)C1=O. The van der Waals surface area contributed by atoms with Crippen molar-refractivity contribution in [1.29, 1.82) is 0 Å². The van der Waals surface area contributed by atoms with Crippen LogP contribution in [0.1, 0.15) is 0 Å². The summed E-state index contributed by atoms with van der Waals surface area (Å²) in [5.41, 5.74) is 5.27. The first-order chi connectivity index (χ1) is 5.16. The standard InChI is InChI=1S/C6H10N4O/c1-4-10-5(2)7-8-9(3)6(10)11/h4,7-8H,1-2H2,3H3. The van der Waals surface area contributed by atoms with Gasteiger partial charge in [0.25, 0.3) is 0 Å². The Hall–Kier alpha value is -1.49. The molecule has 1 saturated heterocycles. The van der Waals surface area contributed by atoms with E-state index in [2.05, 4.69) is 24.1 Å². The molecule has 1 aliphatic heterocycles. The van der Waals surface area contributed by atoms with E-state index < -0.39 is 0 Å². The summed E-state index contributed by atoms with van der Waals surface area (Å²) in [7, 11) is 1.60. The summed E-state index contributed by atoms with van der Waals surface area (Å²) in [6.07, 6.45) is 1.40. The summed E-state index contributed by atoms with van der Waals surface area (Å²) < 4.78 is 0. The van der Waals surface area contributed by atoms with Gasteiger partial charge in [0.1, 0.15) is 5.82 Å². The summed E-state index contributed by atoms with van der Waals surface area (Å²) >= 11 is 0. The van der Waals surface area contributed by atoms with E-state index in [0.717, 1.165) is 0 Å². The molecule has 0 aliphatic carbocycles. The fourth-order valence-corrected chi connectivity index (χ4v) is 0.722. The van der Waals surface area contributed by atoms with Crippen LogP contribution < -0.4 is 11.0 Å². The van der Waals surface area contributed by atoms with Gasteiger partial charge in [-0.05, 0) is 0 Å². The molecule has 1 aliphatic rings. The third-order valence-electron chi connectivity index (χ3n) is 1.33. The molecule has 2 N–H and O–H groups in total. The second-order valence-corrected chi connectivity index (χ2v) is 2.08. The normalized spacial score (nSPS) is 18.3. The second kappa shape index (κ2) is 2.63. The van der Waals surface area contributed by atoms with E-state index in [-0.39, 0.29) is 6.03 Å². The molecule has 0 saturated carbocycles. The highest BCUT2D eigenvalue weighted by Gasteiger charge is 2.22. The molecule has 0 aromatic heterocycles. The number of rotatable bonds is 1. The van der Waals surface area contributed by atoms with Crippen molar-refractivity contribution in [1.82, 2.24) is 20.9 Å². The van der Waals surface area contributed by atoms with Gasteiger partial charge in [0, 0.05) is 13.2 Å². The van der Waals surface area contributed by atoms with E-state index in [1.54, 1.807) is 7.05 Å². The molecule has 1 fully saturated rings. The van der Waals surface area contributed by atoms with Crippen LogP contribution in [0, 0.1) is 0 Å². The van der Waals surface area contributed by atoms with Gasteiger partial charge in [-0.1, -0.05) is 13.2 Å². The van der Waals surface area contributed by atoms with E-state index in [4.69, 9.17) is 0 Å². The third kappa shape index (κ3) is 1.18. The maximum absolute atomic E-state index is 11.2. The molecule has 5 nitrogen and oxygen atoms in total. The lowest BCUT2D eigenvalue weighted by Crippen LogP contribution is -2.58. The van der Waals surface area contributed by atoms with E-state index in [1.807, 2.05) is 0 Å². The number of hydrazine groups is 2. The van der Waals surface area contributed by atoms with Crippen molar-refractivity contribution >= 4 is 6.03 Å². The molecular formula is C6H10N4O. The first-order valence-electron chi connectivity index (χ1n) is 3.07. The fourth-order valence-electron chi connectivity index (χ4n) is 0.722. The molecule has 1 rings (SSSR count). The average Bonchev–Trinajstić information content (AvgIpc) is 1.99. The van der Waals surface area contributed by atoms with Gasteiger partial charge in [-0.3, -0.25) is 10.3 Å². The van der Waals surface area contributed by atoms with Crippen molar-refractivity contribution < 1.29 is 4.79 Å². The van der Waals surface area contributed by atoms with Gasteiger partial charge < -0.3 is 0 Å². The maximum atomic E-state index is 11.2. The van der Waals surface area contributed by atoms with Gasteiger partial charge in [-0.25, -0.2) is 9.80 Å². The van der Waals surface area contributed by atoms with Crippen molar-refractivity contribution in [2.75, 3.05) is 7.05 Å². The maximum Gasteiger partial charge on any atom is 0.345 e. The number of amides is 2. The first-order valence-corrected chi connectivity index (χ1v) is 3.07. The molecule has 0 atom stereocenters. The molecule has 5 heteroatoms. The zero-order chi connectivity index (χ0) is 8.43. The fraction of sp³-hybridized carbons (Fsp3) is 0.167. The highest BCUT2D eigenvalue weighted by molar-refractivity contribution is 5.77. The monoisotopic (exact) mass is 154 g/mol. The predicted octanol–water partition coefficient (Wildman–Crippen LogP) is -0.0223. The topological polar surface area (TPSA) is 47.6 Å². The molecule has 2 amide bonds. The number of carbonyl (C=O) groups is 1. The minimum atomic E-state index is -0.219. The van der Waals surface area contributed by atoms with Gasteiger partial charge in [-0.15, -0.1) is 5.53 Å². The molecule has 60 valence electrons. The van der Waals surface area contributed by atoms with E-state index in [1.165, 1.54) is 16.1 Å². The molecule has 0 spiro atoms. The number of hydrogen-bond donors (Lipinski definition) is 2. The second-order valence-electron chi connectivity index (χ2n) is 2.08. The van der Waals surface area contributed by atoms with Crippen LogP contribution >= 0.6 is 0 Å². The Bertz CT molecular complexity index is 213. The number of nitrogens with zero attached hydrogens (tertiary/aromatic N) is 2. The zero-order valence-corrected chi connectivity index (χ0v) is 6.29. The van der Waals surface area contributed by atoms with Crippen LogP contribution in [0.5, 0.6) is 0 Å². The van der Waals surface area contributed by atoms with Crippen LogP contribution in [0.25, 0.3) is 0 Å². The molecular weight excluding hydrogens is 144 g/mol. The lowest BCUT2D eigenvalue weighted by Gasteiger charge is -2.33. The summed E-state index contributed by atoms with van der Waals surface area (Å²) in [5, 5.41) is 1.29. The Morgan fingerprint density at radius 2 is 2.27 bits per heavy atom. The van der Waals surface area contributed by atoms with E-state index >= 15 is 0 Å². The highest BCUT2D eigenvalue weighted by Crippen LogP contribution is 2.05. The van der Waals surface area contributed by atoms with Crippen LogP contribution in [0.3, 0.4) is 0 Å². The summed E-state index contributed by atoms with van der Waals surface area (Å²) in [5.74, 6) is 0.461. The van der Waals surface area contributed by atoms with Crippen molar-refractivity contribution in [2.45, 2.75) is 0 Å². The Balaban J connectivity index is 2.79. The predicted molar refractivity (Wildman–Crippen MR) is 40.6 cm³/mol. The minimum Gasteiger partial charge on any atom is -0.289 e. The van der Waals surface area contributed by atoms with Crippen molar-refractivity contribution in [3.05, 3.63) is 25.2 Å². The lowest BCUT2D eigenvalue weighted by molar-refractivity contribution is 0.129. The molecule has 11 heavy (non-hydrogen) atoms. The average molecular weight is 154 g/mol. The largest absolute Gasteiger partial charge is 0.345 e. The highest BCUT2D eigenvalue weighted by atomic mass is 16.2. The van der Waals surface area contributed by atoms with Gasteiger partial charge in [0.05, 0.1) is 0 Å². The van der Waals surface area contributed by atoms with Gasteiger partial charge in [0.15, 0.2) is 0 Å². The van der Waals surface area contributed by atoms with Crippen LogP contribution in [0.15, 0.2) is 25.2 Å². The quantitative estimate of drug-likeness (QED) is 0.558. The van der Waals surface area contributed by atoms with Crippen molar-refractivity contribution in [3.63, 3.8) is 0 Å². The number of urea groups is 1. The van der Waals surface area contributed by atoms with Gasteiger partial charge >= 0.3 is 6.03 Å². The molecule has 1 heterocycles. The summed E-state index contributed by atoms with van der Waals surface area (Å²) in [4.78, 5) is 12.5. The van der Waals surface area contributed by atoms with E-state index in [0.29, 0.717) is 5.82 Å². The first kappa shape index (κ1) is 7.62. The van der Waals surface area contributed by atoms with Crippen molar-refractivity contribution in [3.8, 4) is 0 Å². The summed E-state index contributed by atoms with van der Waals surface area (Å²) in [6, 6.07) is -0.219. The summed E-state index contributed by atoms with van der Waals surface area (Å²) in [6.45, 7) is 7.05. The number of nitrogens with one attached hydrogen (secondary N) is 2. The lowest BCUT2D eigenvalue weighted by atomic mass is 10.6. The Kier molecular flexibility index (Phi) is 1.82. The van der Waals surface area contributed by atoms with Gasteiger partial charge in [-0.2, -0.15) is 0 Å². The van der Waals surface area contributed by atoms with Gasteiger partial charge in [0.2, 0.25) is 0 Å². The van der Waals surface area contributed by atoms with Crippen LogP contribution in [0.4, 0.5) is 4.79 Å². The number of hydrogen-bond acceptors (Lipinski definition) is 3. The smallest absolute Gasteiger partial charge is 0.289 e. The molecule has 0 aromatic carbocycles. The molecule has 0 radical (unpaired) electrons. The van der Waals surface area contributed by atoms with Crippen LogP contribution in [0.2, 0.25) is 0 Å². The zero-order valence-electron chi connectivity index (χ0n) is 6.29. The Morgan fingerprint density at radius 3 is 2.73 bits per heavy atom. The minimum absolute atomic E-state index is 0.219. The van der Waals surface area contributed by atoms with E-state index in [9.17, 15) is 4.79 Å². The molecule has 0 aromatic rings.